The van der Waals surface area contributed by atoms with Crippen molar-refractivity contribution in [1.82, 2.24) is 9.62 Å². The lowest BCUT2D eigenvalue weighted by Crippen LogP contribution is -2.57. The maximum Gasteiger partial charge on any atom is 0.289 e. The molecular formula is C13H16ClN3O4S. The summed E-state index contributed by atoms with van der Waals surface area (Å²) in [5.41, 5.74) is -0.404. The molecule has 9 heteroatoms. The standard InChI is InChI=1S/C13H16ClN3O4S/c14-11-2-1-10(7-13(11)17(18)19)22(20,21)15-12-8-16-5-3-9(12)4-6-16/h1-2,7,9,12,15H,3-6,8H2/t12-/m0/s1. The van der Waals surface area contributed by atoms with Crippen molar-refractivity contribution in [3.8, 4) is 0 Å². The SMILES string of the molecule is O=[N+]([O-])c1cc(S(=O)(=O)N[C@H]2CN3CCC2CC3)ccc1Cl. The quantitative estimate of drug-likeness (QED) is 0.661. The van der Waals surface area contributed by atoms with Crippen molar-refractivity contribution in [3.63, 3.8) is 0 Å². The zero-order valence-electron chi connectivity index (χ0n) is 11.7. The third kappa shape index (κ3) is 2.96. The summed E-state index contributed by atoms with van der Waals surface area (Å²) in [5.74, 6) is 0.335. The Kier molecular flexibility index (Phi) is 4.11. The highest BCUT2D eigenvalue weighted by molar-refractivity contribution is 7.89. The molecule has 0 aromatic heterocycles. The van der Waals surface area contributed by atoms with Crippen molar-refractivity contribution in [3.05, 3.63) is 33.3 Å². The van der Waals surface area contributed by atoms with E-state index in [-0.39, 0.29) is 16.0 Å². The van der Waals surface area contributed by atoms with Crippen LogP contribution < -0.4 is 4.72 Å². The molecule has 3 aliphatic heterocycles. The Labute approximate surface area is 133 Å². The molecule has 1 aromatic rings. The zero-order valence-corrected chi connectivity index (χ0v) is 13.3. The molecule has 0 spiro atoms. The first-order chi connectivity index (χ1) is 10.4. The average molecular weight is 346 g/mol. The second kappa shape index (κ2) is 5.77. The summed E-state index contributed by atoms with van der Waals surface area (Å²) in [5, 5.41) is 10.8. The summed E-state index contributed by atoms with van der Waals surface area (Å²) < 4.78 is 27.6. The first-order valence-electron chi connectivity index (χ1n) is 7.05. The van der Waals surface area contributed by atoms with Crippen LogP contribution in [0, 0.1) is 16.0 Å². The van der Waals surface area contributed by atoms with Crippen molar-refractivity contribution < 1.29 is 13.3 Å². The average Bonchev–Trinajstić information content (AvgIpc) is 2.48. The number of nitrogens with zero attached hydrogens (tertiary/aromatic N) is 2. The molecule has 0 saturated carbocycles. The number of halogens is 1. The van der Waals surface area contributed by atoms with Crippen molar-refractivity contribution in [2.75, 3.05) is 19.6 Å². The maximum absolute atomic E-state index is 12.5. The Bertz CT molecular complexity index is 701. The van der Waals surface area contributed by atoms with Gasteiger partial charge in [0.2, 0.25) is 10.0 Å². The van der Waals surface area contributed by atoms with Gasteiger partial charge in [-0.3, -0.25) is 10.1 Å². The predicted octanol–water partition coefficient (Wildman–Crippen LogP) is 1.62. The molecule has 0 aliphatic carbocycles. The van der Waals surface area contributed by atoms with Gasteiger partial charge in [-0.05, 0) is 44.0 Å². The first-order valence-corrected chi connectivity index (χ1v) is 8.91. The smallest absolute Gasteiger partial charge is 0.289 e. The summed E-state index contributed by atoms with van der Waals surface area (Å²) >= 11 is 5.72. The second-order valence-electron chi connectivity index (χ2n) is 5.74. The Morgan fingerprint density at radius 2 is 2.00 bits per heavy atom. The lowest BCUT2D eigenvalue weighted by molar-refractivity contribution is -0.384. The van der Waals surface area contributed by atoms with Crippen LogP contribution in [0.1, 0.15) is 12.8 Å². The molecule has 22 heavy (non-hydrogen) atoms. The van der Waals surface area contributed by atoms with Gasteiger partial charge < -0.3 is 4.90 Å². The van der Waals surface area contributed by atoms with Crippen LogP contribution in [-0.4, -0.2) is 43.9 Å². The lowest BCUT2D eigenvalue weighted by atomic mass is 9.85. The number of nitro benzene ring substituents is 1. The van der Waals surface area contributed by atoms with E-state index in [2.05, 4.69) is 9.62 Å². The molecule has 3 aliphatic rings. The van der Waals surface area contributed by atoms with Gasteiger partial charge in [0.15, 0.2) is 0 Å². The van der Waals surface area contributed by atoms with Crippen molar-refractivity contribution in [2.45, 2.75) is 23.8 Å². The minimum Gasteiger partial charge on any atom is -0.302 e. The molecule has 120 valence electrons. The Balaban J connectivity index is 1.84. The molecule has 1 N–H and O–H groups in total. The van der Waals surface area contributed by atoms with Gasteiger partial charge in [0.25, 0.3) is 5.69 Å². The summed E-state index contributed by atoms with van der Waals surface area (Å²) in [4.78, 5) is 12.3. The minimum absolute atomic E-state index is 0.0771. The number of nitrogens with one attached hydrogen (secondary N) is 1. The van der Waals surface area contributed by atoms with E-state index >= 15 is 0 Å². The molecule has 1 atom stereocenters. The van der Waals surface area contributed by atoms with E-state index < -0.39 is 20.6 Å². The van der Waals surface area contributed by atoms with E-state index in [0.29, 0.717) is 12.5 Å². The molecule has 0 unspecified atom stereocenters. The third-order valence-corrected chi connectivity index (χ3v) is 6.19. The van der Waals surface area contributed by atoms with E-state index in [1.807, 2.05) is 0 Å². The molecule has 3 heterocycles. The number of piperidine rings is 3. The Morgan fingerprint density at radius 1 is 1.32 bits per heavy atom. The van der Waals surface area contributed by atoms with Crippen LogP contribution in [0.4, 0.5) is 5.69 Å². The first kappa shape index (κ1) is 15.7. The van der Waals surface area contributed by atoms with Crippen LogP contribution in [0.5, 0.6) is 0 Å². The zero-order chi connectivity index (χ0) is 15.9. The van der Waals surface area contributed by atoms with E-state index in [1.54, 1.807) is 0 Å². The van der Waals surface area contributed by atoms with Crippen LogP contribution in [0.3, 0.4) is 0 Å². The van der Waals surface area contributed by atoms with Gasteiger partial charge in [0.05, 0.1) is 9.82 Å². The third-order valence-electron chi connectivity index (χ3n) is 4.39. The molecule has 3 saturated heterocycles. The number of hydrogen-bond acceptors (Lipinski definition) is 5. The van der Waals surface area contributed by atoms with Crippen molar-refractivity contribution in [1.29, 1.82) is 0 Å². The van der Waals surface area contributed by atoms with Gasteiger partial charge in [0.1, 0.15) is 5.02 Å². The van der Waals surface area contributed by atoms with Gasteiger partial charge in [-0.25, -0.2) is 13.1 Å². The summed E-state index contributed by atoms with van der Waals surface area (Å²) in [6.07, 6.45) is 1.96. The van der Waals surface area contributed by atoms with Gasteiger partial charge in [-0.1, -0.05) is 11.6 Å². The number of hydrogen-bond donors (Lipinski definition) is 1. The summed E-state index contributed by atoms with van der Waals surface area (Å²) in [6.45, 7) is 2.71. The number of benzene rings is 1. The van der Waals surface area contributed by atoms with E-state index in [0.717, 1.165) is 32.0 Å². The molecule has 2 bridgehead atoms. The minimum atomic E-state index is -3.79. The van der Waals surface area contributed by atoms with Gasteiger partial charge in [0, 0.05) is 18.7 Å². The molecule has 4 rings (SSSR count). The number of nitro groups is 1. The normalized spacial score (nSPS) is 27.8. The molecule has 0 radical (unpaired) electrons. The molecular weight excluding hydrogens is 330 g/mol. The highest BCUT2D eigenvalue weighted by Gasteiger charge is 2.36. The van der Waals surface area contributed by atoms with E-state index in [1.165, 1.54) is 12.1 Å². The fraction of sp³-hybridized carbons (Fsp3) is 0.538. The second-order valence-corrected chi connectivity index (χ2v) is 7.86. The van der Waals surface area contributed by atoms with E-state index in [9.17, 15) is 18.5 Å². The van der Waals surface area contributed by atoms with Crippen molar-refractivity contribution in [2.24, 2.45) is 5.92 Å². The highest BCUT2D eigenvalue weighted by Crippen LogP contribution is 2.30. The fourth-order valence-electron chi connectivity index (χ4n) is 3.17. The highest BCUT2D eigenvalue weighted by atomic mass is 35.5. The monoisotopic (exact) mass is 345 g/mol. The Hall–Kier alpha value is -1.22. The van der Waals surface area contributed by atoms with Crippen LogP contribution >= 0.6 is 11.6 Å². The molecule has 7 nitrogen and oxygen atoms in total. The summed E-state index contributed by atoms with van der Waals surface area (Å²) in [6, 6.07) is 3.40. The number of fused-ring (bicyclic) bond motifs is 3. The van der Waals surface area contributed by atoms with Crippen LogP contribution in [0.2, 0.25) is 5.02 Å². The van der Waals surface area contributed by atoms with Gasteiger partial charge >= 0.3 is 0 Å². The van der Waals surface area contributed by atoms with Crippen LogP contribution in [0.25, 0.3) is 0 Å². The van der Waals surface area contributed by atoms with Gasteiger partial charge in [-0.15, -0.1) is 0 Å². The fourth-order valence-corrected chi connectivity index (χ4v) is 4.67. The van der Waals surface area contributed by atoms with Crippen LogP contribution in [0.15, 0.2) is 23.1 Å². The molecule has 0 amide bonds. The Morgan fingerprint density at radius 3 is 2.55 bits per heavy atom. The molecule has 3 fully saturated rings. The van der Waals surface area contributed by atoms with Crippen molar-refractivity contribution >= 4 is 27.3 Å². The largest absolute Gasteiger partial charge is 0.302 e. The van der Waals surface area contributed by atoms with Gasteiger partial charge in [-0.2, -0.15) is 0 Å². The maximum atomic E-state index is 12.5. The van der Waals surface area contributed by atoms with Crippen LogP contribution in [-0.2, 0) is 10.0 Å². The predicted molar refractivity (Wildman–Crippen MR) is 81.4 cm³/mol. The number of rotatable bonds is 4. The summed E-state index contributed by atoms with van der Waals surface area (Å²) in [7, 11) is -3.79. The molecule has 1 aromatic carbocycles. The van der Waals surface area contributed by atoms with E-state index in [4.69, 9.17) is 11.6 Å². The number of sulfonamides is 1. The lowest BCUT2D eigenvalue weighted by Gasteiger charge is -2.44. The topological polar surface area (TPSA) is 92.5 Å².